The van der Waals surface area contributed by atoms with Crippen molar-refractivity contribution in [2.24, 2.45) is 4.99 Å². The lowest BCUT2D eigenvalue weighted by Crippen LogP contribution is -2.16. The predicted octanol–water partition coefficient (Wildman–Crippen LogP) is 5.14. The monoisotopic (exact) mass is 450 g/mol. The number of para-hydroxylation sites is 1. The van der Waals surface area contributed by atoms with Gasteiger partial charge in [-0.05, 0) is 44.0 Å². The first-order valence-electron chi connectivity index (χ1n) is 10.5. The van der Waals surface area contributed by atoms with E-state index in [4.69, 9.17) is 0 Å². The molecule has 8 nitrogen and oxygen atoms in total. The Morgan fingerprint density at radius 2 is 1.50 bits per heavy atom. The lowest BCUT2D eigenvalue weighted by Gasteiger charge is -2.11. The molecule has 3 aromatic carbocycles. The van der Waals surface area contributed by atoms with Gasteiger partial charge in [-0.1, -0.05) is 60.7 Å². The molecular formula is C26H22N6O2. The summed E-state index contributed by atoms with van der Waals surface area (Å²) in [5, 5.41) is 9.92. The van der Waals surface area contributed by atoms with Crippen LogP contribution < -0.4 is 10.6 Å². The van der Waals surface area contributed by atoms with Gasteiger partial charge in [0.2, 0.25) is 5.95 Å². The van der Waals surface area contributed by atoms with Crippen molar-refractivity contribution in [3.8, 4) is 5.69 Å². The third-order valence-electron chi connectivity index (χ3n) is 4.91. The van der Waals surface area contributed by atoms with Crippen LogP contribution in [0.4, 0.5) is 17.6 Å². The van der Waals surface area contributed by atoms with Gasteiger partial charge in [0.05, 0.1) is 11.4 Å². The maximum Gasteiger partial charge on any atom is 0.258 e. The first-order valence-corrected chi connectivity index (χ1v) is 10.5. The number of benzene rings is 3. The number of aromatic nitrogens is 3. The van der Waals surface area contributed by atoms with Crippen LogP contribution in [0.25, 0.3) is 11.8 Å². The molecule has 4 aromatic rings. The summed E-state index contributed by atoms with van der Waals surface area (Å²) in [6, 6.07) is 23.0. The second-order valence-electron chi connectivity index (χ2n) is 7.18. The van der Waals surface area contributed by atoms with Crippen molar-refractivity contribution >= 4 is 42.2 Å². The number of carbonyl (C=O) groups excluding carboxylic acids is 2. The molecule has 8 heteroatoms. The van der Waals surface area contributed by atoms with Crippen LogP contribution in [0.3, 0.4) is 0 Å². The van der Waals surface area contributed by atoms with Crippen molar-refractivity contribution in [3.05, 3.63) is 102 Å². The minimum absolute atomic E-state index is 0.0312. The van der Waals surface area contributed by atoms with Gasteiger partial charge in [-0.25, -0.2) is 0 Å². The first-order chi connectivity index (χ1) is 16.6. The number of nitrogens with zero attached hydrogens (tertiary/aromatic N) is 4. The van der Waals surface area contributed by atoms with Gasteiger partial charge in [-0.2, -0.15) is 9.67 Å². The summed E-state index contributed by atoms with van der Waals surface area (Å²) in [5.74, 6) is -0.584. The van der Waals surface area contributed by atoms with Crippen molar-refractivity contribution in [1.29, 1.82) is 0 Å². The molecule has 0 fully saturated rings. The molecule has 2 N–H and O–H groups in total. The zero-order valence-corrected chi connectivity index (χ0v) is 18.5. The minimum atomic E-state index is -0.372. The van der Waals surface area contributed by atoms with Crippen LogP contribution in [-0.2, 0) is 0 Å². The third kappa shape index (κ3) is 4.81. The lowest BCUT2D eigenvalue weighted by atomic mass is 10.1. The van der Waals surface area contributed by atoms with E-state index in [1.165, 1.54) is 4.68 Å². The fourth-order valence-corrected chi connectivity index (χ4v) is 3.35. The van der Waals surface area contributed by atoms with Gasteiger partial charge in [-0.3, -0.25) is 25.2 Å². The summed E-state index contributed by atoms with van der Waals surface area (Å²) in [5.41, 5.74) is 2.83. The Balaban J connectivity index is 1.76. The summed E-state index contributed by atoms with van der Waals surface area (Å²) in [4.78, 5) is 34.0. The van der Waals surface area contributed by atoms with Gasteiger partial charge in [0, 0.05) is 16.7 Å². The highest BCUT2D eigenvalue weighted by molar-refractivity contribution is 6.05. The van der Waals surface area contributed by atoms with E-state index in [9.17, 15) is 9.59 Å². The Kier molecular flexibility index (Phi) is 6.69. The maximum absolute atomic E-state index is 12.8. The summed E-state index contributed by atoms with van der Waals surface area (Å²) in [6.45, 7) is 5.59. The standard InChI is InChI=1S/C26H22N6O2/c1-3-11-18-16-10-17-21(22(18)27-2)32-26(29-24(34)20-14-8-5-9-15-20)30-25(31-32)28-23(33)19-12-6-4-7-13-19/h3-17H,2H2,1H3,(H2,28,29,30,31,33,34)/b11-3-. The van der Waals surface area contributed by atoms with Crippen molar-refractivity contribution < 1.29 is 9.59 Å². The SMILES string of the molecule is C=Nc1c(/C=C\C)cccc1-n1nc(NC(=O)c2ccccc2)nc1NC(=O)c1ccccc1. The highest BCUT2D eigenvalue weighted by Crippen LogP contribution is 2.31. The molecule has 0 aliphatic rings. The smallest absolute Gasteiger partial charge is 0.258 e. The molecule has 0 saturated carbocycles. The number of nitrogens with one attached hydrogen (secondary N) is 2. The minimum Gasteiger partial charge on any atom is -0.290 e. The number of carbonyl (C=O) groups is 2. The molecule has 1 aromatic heterocycles. The number of hydrogen-bond acceptors (Lipinski definition) is 5. The summed E-state index contributed by atoms with van der Waals surface area (Å²) >= 11 is 0. The Labute approximate surface area is 196 Å². The molecule has 2 amide bonds. The quantitative estimate of drug-likeness (QED) is 0.381. The number of rotatable bonds is 7. The second-order valence-corrected chi connectivity index (χ2v) is 7.18. The van der Waals surface area contributed by atoms with Gasteiger partial charge in [-0.15, -0.1) is 5.10 Å². The molecule has 1 heterocycles. The van der Waals surface area contributed by atoms with E-state index >= 15 is 0 Å². The van der Waals surface area contributed by atoms with Crippen LogP contribution in [0.5, 0.6) is 0 Å². The van der Waals surface area contributed by atoms with E-state index in [-0.39, 0.29) is 23.7 Å². The van der Waals surface area contributed by atoms with Gasteiger partial charge >= 0.3 is 0 Å². The maximum atomic E-state index is 12.8. The first kappa shape index (κ1) is 22.3. The third-order valence-corrected chi connectivity index (χ3v) is 4.91. The lowest BCUT2D eigenvalue weighted by molar-refractivity contribution is 0.101. The molecule has 0 atom stereocenters. The molecule has 0 saturated heterocycles. The van der Waals surface area contributed by atoms with Crippen LogP contribution >= 0.6 is 0 Å². The Bertz CT molecular complexity index is 1360. The Hall–Kier alpha value is -4.85. The van der Waals surface area contributed by atoms with Crippen LogP contribution in [0.2, 0.25) is 0 Å². The molecule has 34 heavy (non-hydrogen) atoms. The second kappa shape index (κ2) is 10.2. The van der Waals surface area contributed by atoms with Crippen LogP contribution in [0, 0.1) is 0 Å². The van der Waals surface area contributed by atoms with Gasteiger partial charge in [0.25, 0.3) is 17.8 Å². The highest BCUT2D eigenvalue weighted by atomic mass is 16.2. The van der Waals surface area contributed by atoms with E-state index in [2.05, 4.69) is 32.4 Å². The zero-order valence-electron chi connectivity index (χ0n) is 18.5. The van der Waals surface area contributed by atoms with Crippen LogP contribution in [-0.4, -0.2) is 33.3 Å². The molecule has 0 radical (unpaired) electrons. The normalized spacial score (nSPS) is 10.7. The molecule has 0 unspecified atom stereocenters. The van der Waals surface area contributed by atoms with E-state index in [0.717, 1.165) is 5.56 Å². The molecule has 0 aliphatic heterocycles. The highest BCUT2D eigenvalue weighted by Gasteiger charge is 2.20. The average molecular weight is 451 g/mol. The van der Waals surface area contributed by atoms with Crippen LogP contribution in [0.1, 0.15) is 33.2 Å². The molecule has 168 valence electrons. The fourth-order valence-electron chi connectivity index (χ4n) is 3.35. The van der Waals surface area contributed by atoms with Crippen LogP contribution in [0.15, 0.2) is 89.9 Å². The predicted molar refractivity (Wildman–Crippen MR) is 134 cm³/mol. The van der Waals surface area contributed by atoms with Gasteiger partial charge < -0.3 is 0 Å². The zero-order chi connectivity index (χ0) is 23.9. The van der Waals surface area contributed by atoms with Gasteiger partial charge in [0.15, 0.2) is 0 Å². The van der Waals surface area contributed by atoms with E-state index in [1.807, 2.05) is 43.3 Å². The number of aliphatic imine (C=N–C) groups is 1. The van der Waals surface area contributed by atoms with Crippen molar-refractivity contribution in [1.82, 2.24) is 14.8 Å². The molecule has 0 aliphatic carbocycles. The fraction of sp³-hybridized carbons (Fsp3) is 0.0385. The number of allylic oxidation sites excluding steroid dienone is 1. The topological polar surface area (TPSA) is 101 Å². The average Bonchev–Trinajstić information content (AvgIpc) is 3.26. The Morgan fingerprint density at radius 1 is 0.882 bits per heavy atom. The molecule has 4 rings (SSSR count). The van der Waals surface area contributed by atoms with Gasteiger partial charge in [0.1, 0.15) is 0 Å². The number of amides is 2. The van der Waals surface area contributed by atoms with Crippen molar-refractivity contribution in [2.75, 3.05) is 10.6 Å². The van der Waals surface area contributed by atoms with E-state index in [1.54, 1.807) is 54.6 Å². The number of anilines is 2. The van der Waals surface area contributed by atoms with E-state index < -0.39 is 0 Å². The summed E-state index contributed by atoms with van der Waals surface area (Å²) in [7, 11) is 0. The van der Waals surface area contributed by atoms with E-state index in [0.29, 0.717) is 22.5 Å². The molecular weight excluding hydrogens is 428 g/mol. The molecule has 0 bridgehead atoms. The summed E-state index contributed by atoms with van der Waals surface area (Å²) in [6.07, 6.45) is 3.78. The molecule has 0 spiro atoms. The Morgan fingerprint density at radius 3 is 2.09 bits per heavy atom. The summed E-state index contributed by atoms with van der Waals surface area (Å²) < 4.78 is 1.43. The largest absolute Gasteiger partial charge is 0.290 e. The van der Waals surface area contributed by atoms with Crippen molar-refractivity contribution in [2.45, 2.75) is 6.92 Å². The number of hydrogen-bond donors (Lipinski definition) is 2. The van der Waals surface area contributed by atoms with Crippen molar-refractivity contribution in [3.63, 3.8) is 0 Å².